The molecule has 1 aromatic carbocycles. The number of likely N-dealkylation sites (tertiary alicyclic amines) is 1. The van der Waals surface area contributed by atoms with E-state index in [1.165, 1.54) is 22.5 Å². The highest BCUT2D eigenvalue weighted by Gasteiger charge is 2.35. The zero-order valence-electron chi connectivity index (χ0n) is 14.9. The van der Waals surface area contributed by atoms with Crippen LogP contribution in [0.5, 0.6) is 0 Å². The summed E-state index contributed by atoms with van der Waals surface area (Å²) in [5, 5.41) is 12.6. The number of aryl methyl sites for hydroxylation is 1. The van der Waals surface area contributed by atoms with E-state index in [9.17, 15) is 14.7 Å². The normalized spacial score (nSPS) is 20.2. The van der Waals surface area contributed by atoms with Gasteiger partial charge in [0.25, 0.3) is 0 Å². The Hall–Kier alpha value is -2.25. The monoisotopic (exact) mass is 373 g/mol. The molecule has 1 aromatic heterocycles. The average molecular weight is 373 g/mol. The molecule has 0 bridgehead atoms. The maximum Gasteiger partial charge on any atom is 0.308 e. The molecule has 138 valence electrons. The van der Waals surface area contributed by atoms with E-state index in [0.717, 1.165) is 11.3 Å². The number of carbonyl (C=O) groups is 2. The summed E-state index contributed by atoms with van der Waals surface area (Å²) in [6.07, 6.45) is 2.58. The first-order valence-corrected chi connectivity index (χ1v) is 9.47. The van der Waals surface area contributed by atoms with Crippen LogP contribution in [-0.2, 0) is 16.0 Å². The molecule has 1 aliphatic heterocycles. The fourth-order valence-corrected chi connectivity index (χ4v) is 4.21. The number of amides is 1. The van der Waals surface area contributed by atoms with Gasteiger partial charge >= 0.3 is 5.97 Å². The number of carbonyl (C=O) groups excluding carboxylic acids is 1. The standard InChI is InChI=1S/C19H23N3O3S/c1-12-4-3-5-14(6-12)7-15-8-20-19(26-15)21-17(23)11-22-9-13(2)16(10-22)18(24)25/h3-6,8,13,16H,7,9-11H2,1-2H3,(H,24,25)(H,20,21,23)/t13-,16-/m1/s1. The second-order valence-corrected chi connectivity index (χ2v) is 8.08. The number of aliphatic carboxylic acids is 1. The largest absolute Gasteiger partial charge is 0.481 e. The number of benzene rings is 1. The molecular weight excluding hydrogens is 350 g/mol. The third-order valence-corrected chi connectivity index (χ3v) is 5.55. The van der Waals surface area contributed by atoms with E-state index >= 15 is 0 Å². The molecule has 1 saturated heterocycles. The highest BCUT2D eigenvalue weighted by molar-refractivity contribution is 7.15. The molecule has 3 rings (SSSR count). The smallest absolute Gasteiger partial charge is 0.308 e. The van der Waals surface area contributed by atoms with Gasteiger partial charge in [0.1, 0.15) is 0 Å². The van der Waals surface area contributed by atoms with Crippen LogP contribution in [0.15, 0.2) is 30.5 Å². The molecule has 2 atom stereocenters. The van der Waals surface area contributed by atoms with Crippen LogP contribution < -0.4 is 5.32 Å². The van der Waals surface area contributed by atoms with Crippen LogP contribution in [0.2, 0.25) is 0 Å². The van der Waals surface area contributed by atoms with Crippen molar-refractivity contribution < 1.29 is 14.7 Å². The summed E-state index contributed by atoms with van der Waals surface area (Å²) in [6, 6.07) is 8.33. The number of hydrogen-bond acceptors (Lipinski definition) is 5. The van der Waals surface area contributed by atoms with Gasteiger partial charge in [-0.3, -0.25) is 14.5 Å². The molecule has 1 amide bonds. The zero-order chi connectivity index (χ0) is 18.7. The fourth-order valence-electron chi connectivity index (χ4n) is 3.35. The lowest BCUT2D eigenvalue weighted by atomic mass is 9.99. The Bertz CT molecular complexity index is 805. The Morgan fingerprint density at radius 2 is 2.19 bits per heavy atom. The van der Waals surface area contributed by atoms with E-state index in [2.05, 4.69) is 35.4 Å². The summed E-state index contributed by atoms with van der Waals surface area (Å²) in [6.45, 7) is 5.22. The van der Waals surface area contributed by atoms with Crippen LogP contribution in [-0.4, -0.2) is 46.5 Å². The van der Waals surface area contributed by atoms with Crippen molar-refractivity contribution in [3.05, 3.63) is 46.5 Å². The van der Waals surface area contributed by atoms with Gasteiger partial charge in [-0.2, -0.15) is 0 Å². The van der Waals surface area contributed by atoms with Crippen molar-refractivity contribution in [3.8, 4) is 0 Å². The fraction of sp³-hybridized carbons (Fsp3) is 0.421. The minimum Gasteiger partial charge on any atom is -0.481 e. The maximum absolute atomic E-state index is 12.2. The minimum atomic E-state index is -0.791. The molecule has 0 spiro atoms. The number of nitrogens with zero attached hydrogens (tertiary/aromatic N) is 2. The summed E-state index contributed by atoms with van der Waals surface area (Å²) in [5.41, 5.74) is 2.44. The zero-order valence-corrected chi connectivity index (χ0v) is 15.8. The van der Waals surface area contributed by atoms with Crippen LogP contribution in [0.25, 0.3) is 0 Å². The minimum absolute atomic E-state index is 0.0566. The number of anilines is 1. The molecule has 0 saturated carbocycles. The van der Waals surface area contributed by atoms with E-state index in [1.54, 1.807) is 6.20 Å². The topological polar surface area (TPSA) is 82.5 Å². The predicted octanol–water partition coefficient (Wildman–Crippen LogP) is 2.63. The van der Waals surface area contributed by atoms with Crippen LogP contribution in [0.4, 0.5) is 5.13 Å². The van der Waals surface area contributed by atoms with Gasteiger partial charge in [0.15, 0.2) is 5.13 Å². The Morgan fingerprint density at radius 1 is 1.38 bits per heavy atom. The summed E-state index contributed by atoms with van der Waals surface area (Å²) in [5.74, 6) is -1.29. The van der Waals surface area contributed by atoms with Gasteiger partial charge in [-0.05, 0) is 18.4 Å². The number of rotatable bonds is 6. The third kappa shape index (κ3) is 4.68. The molecular formula is C19H23N3O3S. The van der Waals surface area contributed by atoms with Crippen molar-refractivity contribution in [2.24, 2.45) is 11.8 Å². The van der Waals surface area contributed by atoms with Gasteiger partial charge in [0.05, 0.1) is 12.5 Å². The van der Waals surface area contributed by atoms with E-state index in [-0.39, 0.29) is 18.4 Å². The number of aromatic nitrogens is 1. The van der Waals surface area contributed by atoms with E-state index < -0.39 is 11.9 Å². The quantitative estimate of drug-likeness (QED) is 0.813. The third-order valence-electron chi connectivity index (χ3n) is 4.63. The maximum atomic E-state index is 12.2. The number of thiazole rings is 1. The number of hydrogen-bond donors (Lipinski definition) is 2. The van der Waals surface area contributed by atoms with Crippen molar-refractivity contribution in [1.82, 2.24) is 9.88 Å². The highest BCUT2D eigenvalue weighted by Crippen LogP contribution is 2.24. The van der Waals surface area contributed by atoms with Crippen molar-refractivity contribution in [1.29, 1.82) is 0 Å². The van der Waals surface area contributed by atoms with E-state index in [1.807, 2.05) is 17.9 Å². The van der Waals surface area contributed by atoms with Crippen molar-refractivity contribution in [2.45, 2.75) is 20.3 Å². The lowest BCUT2D eigenvalue weighted by molar-refractivity contribution is -0.142. The molecule has 2 aromatic rings. The molecule has 0 radical (unpaired) electrons. The first kappa shape index (κ1) is 18.5. The van der Waals surface area contributed by atoms with Crippen LogP contribution >= 0.6 is 11.3 Å². The molecule has 1 aliphatic rings. The van der Waals surface area contributed by atoms with Crippen LogP contribution in [0.1, 0.15) is 22.9 Å². The summed E-state index contributed by atoms with van der Waals surface area (Å²) < 4.78 is 0. The number of nitrogens with one attached hydrogen (secondary N) is 1. The average Bonchev–Trinajstić information content (AvgIpc) is 3.13. The Kier molecular flexibility index (Phi) is 5.68. The summed E-state index contributed by atoms with van der Waals surface area (Å²) in [7, 11) is 0. The van der Waals surface area contributed by atoms with Gasteiger partial charge in [0.2, 0.25) is 5.91 Å². The second-order valence-electron chi connectivity index (χ2n) is 6.96. The molecule has 26 heavy (non-hydrogen) atoms. The van der Waals surface area contributed by atoms with E-state index in [4.69, 9.17) is 0 Å². The van der Waals surface area contributed by atoms with Crippen molar-refractivity contribution in [3.63, 3.8) is 0 Å². The lowest BCUT2D eigenvalue weighted by Crippen LogP contribution is -2.32. The number of carboxylic acid groups (broad SMARTS) is 1. The Labute approximate surface area is 156 Å². The van der Waals surface area contributed by atoms with Crippen LogP contribution in [0, 0.1) is 18.8 Å². The predicted molar refractivity (Wildman–Crippen MR) is 101 cm³/mol. The Morgan fingerprint density at radius 3 is 2.88 bits per heavy atom. The van der Waals surface area contributed by atoms with Gasteiger partial charge in [-0.15, -0.1) is 11.3 Å². The Balaban J connectivity index is 1.52. The first-order chi connectivity index (χ1) is 12.4. The van der Waals surface area contributed by atoms with Gasteiger partial charge in [0, 0.05) is 30.6 Å². The summed E-state index contributed by atoms with van der Waals surface area (Å²) in [4.78, 5) is 30.7. The molecule has 1 fully saturated rings. The van der Waals surface area contributed by atoms with Crippen molar-refractivity contribution in [2.75, 3.05) is 25.0 Å². The molecule has 2 N–H and O–H groups in total. The molecule has 2 heterocycles. The molecule has 0 unspecified atom stereocenters. The van der Waals surface area contributed by atoms with Crippen molar-refractivity contribution >= 4 is 28.3 Å². The molecule has 0 aliphatic carbocycles. The highest BCUT2D eigenvalue weighted by atomic mass is 32.1. The summed E-state index contributed by atoms with van der Waals surface area (Å²) >= 11 is 1.47. The van der Waals surface area contributed by atoms with E-state index in [0.29, 0.717) is 18.2 Å². The molecule has 7 heteroatoms. The number of carboxylic acids is 1. The van der Waals surface area contributed by atoms with Gasteiger partial charge < -0.3 is 10.4 Å². The van der Waals surface area contributed by atoms with Crippen LogP contribution in [0.3, 0.4) is 0 Å². The van der Waals surface area contributed by atoms with Gasteiger partial charge in [-0.25, -0.2) is 4.98 Å². The van der Waals surface area contributed by atoms with Gasteiger partial charge in [-0.1, -0.05) is 36.8 Å². The second kappa shape index (κ2) is 7.97. The first-order valence-electron chi connectivity index (χ1n) is 8.66. The molecule has 6 nitrogen and oxygen atoms in total. The lowest BCUT2D eigenvalue weighted by Gasteiger charge is -2.13. The SMILES string of the molecule is Cc1cccc(Cc2cnc(NC(=O)CN3C[C@@H](C)[C@H](C(=O)O)C3)s2)c1.